The number of amides is 4. The number of carbonyl (C=O) groups is 5. The van der Waals surface area contributed by atoms with Crippen LogP contribution in [0.3, 0.4) is 0 Å². The Kier molecular flexibility index (Phi) is 12.5. The second-order valence-corrected chi connectivity index (χ2v) is 15.1. The van der Waals surface area contributed by atoms with Gasteiger partial charge in [-0.3, -0.25) is 24.0 Å². The molecule has 4 atom stereocenters. The minimum atomic E-state index is -1.99. The van der Waals surface area contributed by atoms with Crippen molar-refractivity contribution in [2.75, 3.05) is 13.1 Å². The summed E-state index contributed by atoms with van der Waals surface area (Å²) in [6.45, 7) is 7.37. The van der Waals surface area contributed by atoms with Crippen molar-refractivity contribution in [1.29, 1.82) is 0 Å². The second-order valence-electron chi connectivity index (χ2n) is 14.2. The minimum Gasteiger partial charge on any atom is -0.481 e. The number of thiazole rings is 1. The van der Waals surface area contributed by atoms with E-state index in [0.717, 1.165) is 29.0 Å². The van der Waals surface area contributed by atoms with Gasteiger partial charge in [-0.2, -0.15) is 0 Å². The smallest absolute Gasteiger partial charge is 0.303 e. The highest BCUT2D eigenvalue weighted by molar-refractivity contribution is 7.13. The summed E-state index contributed by atoms with van der Waals surface area (Å²) in [6.07, 6.45) is 1.91. The monoisotopic (exact) mass is 701 g/mol. The van der Waals surface area contributed by atoms with Gasteiger partial charge in [0.2, 0.25) is 17.7 Å². The first-order valence-corrected chi connectivity index (χ1v) is 17.7. The fourth-order valence-electron chi connectivity index (χ4n) is 5.92. The van der Waals surface area contributed by atoms with Crippen molar-refractivity contribution in [3.05, 3.63) is 41.0 Å². The third kappa shape index (κ3) is 10.3. The van der Waals surface area contributed by atoms with E-state index < -0.39 is 59.0 Å². The molecule has 49 heavy (non-hydrogen) atoms. The molecule has 5 N–H and O–H groups in total. The lowest BCUT2D eigenvalue weighted by Gasteiger charge is -2.36. The number of nitrogens with one attached hydrogen (secondary N) is 3. The maximum atomic E-state index is 14.6. The lowest BCUT2D eigenvalue weighted by atomic mass is 9.85. The summed E-state index contributed by atoms with van der Waals surface area (Å²) in [4.78, 5) is 70.8. The number of aliphatic carboxylic acids is 1. The molecule has 0 unspecified atom stereocenters. The van der Waals surface area contributed by atoms with Crippen LogP contribution in [0, 0.1) is 12.3 Å². The van der Waals surface area contributed by atoms with Crippen LogP contribution >= 0.6 is 11.3 Å². The summed E-state index contributed by atoms with van der Waals surface area (Å²) in [6, 6.07) is 4.46. The Hall–Kier alpha value is -3.91. The Labute approximate surface area is 290 Å². The number of alkyl halides is 1. The van der Waals surface area contributed by atoms with Gasteiger partial charge in [-0.1, -0.05) is 57.9 Å². The molecule has 268 valence electrons. The standard InChI is InChI=1S/C35H48FN5O7S/c1-21-29(49-20-38-21)23-12-10-22(11-13-23)25(18-27(43)37-16-8-6-5-7-9-28(44)45)39-31(46)26-17-24(42)19-41(26)32(47)30(34(2,3)4)40-33(48)35(36)14-15-35/h10-13,20,24-26,30,42H,5-9,14-19H2,1-4H3,(H,37,43)(H,39,46)(H,40,48)(H,44,45)/t24-,25+,26+,30-/m1/s1. The molecule has 1 saturated heterocycles. The average Bonchev–Trinajstić information content (AvgIpc) is 3.44. The van der Waals surface area contributed by atoms with Gasteiger partial charge < -0.3 is 31.1 Å². The van der Waals surface area contributed by atoms with Gasteiger partial charge in [-0.05, 0) is 49.1 Å². The number of halogens is 1. The average molecular weight is 702 g/mol. The number of benzene rings is 1. The molecular weight excluding hydrogens is 653 g/mol. The number of carboxylic acid groups (broad SMARTS) is 1. The molecule has 0 spiro atoms. The largest absolute Gasteiger partial charge is 0.481 e. The number of nitrogens with zero attached hydrogens (tertiary/aromatic N) is 2. The van der Waals surface area contributed by atoms with E-state index in [2.05, 4.69) is 20.9 Å². The number of β-amino-alcohol motifs (C(OH)–C–C–N with tert-alkyl or cyclic N) is 1. The lowest BCUT2D eigenvalue weighted by molar-refractivity contribution is -0.145. The fraction of sp³-hybridized carbons (Fsp3) is 0.600. The lowest BCUT2D eigenvalue weighted by Crippen LogP contribution is -2.59. The highest BCUT2D eigenvalue weighted by atomic mass is 32.1. The van der Waals surface area contributed by atoms with Crippen LogP contribution in [0.1, 0.15) is 95.9 Å². The summed E-state index contributed by atoms with van der Waals surface area (Å²) < 4.78 is 14.6. The Bertz CT molecular complexity index is 1500. The van der Waals surface area contributed by atoms with Crippen LogP contribution in [-0.2, 0) is 24.0 Å². The minimum absolute atomic E-state index is 0.0418. The van der Waals surface area contributed by atoms with Gasteiger partial charge in [-0.25, -0.2) is 9.37 Å². The molecule has 2 heterocycles. The molecule has 2 aliphatic rings. The maximum Gasteiger partial charge on any atom is 0.303 e. The van der Waals surface area contributed by atoms with Crippen molar-refractivity contribution in [3.63, 3.8) is 0 Å². The van der Waals surface area contributed by atoms with Gasteiger partial charge in [0.25, 0.3) is 5.91 Å². The number of aliphatic hydroxyl groups is 1. The first-order chi connectivity index (χ1) is 23.1. The summed E-state index contributed by atoms with van der Waals surface area (Å²) in [5, 5.41) is 27.8. The Morgan fingerprint density at radius 2 is 1.73 bits per heavy atom. The summed E-state index contributed by atoms with van der Waals surface area (Å²) >= 11 is 1.51. The molecule has 1 aromatic carbocycles. The molecule has 2 aromatic rings. The van der Waals surface area contributed by atoms with Gasteiger partial charge in [-0.15, -0.1) is 11.3 Å². The number of unbranched alkanes of at least 4 members (excludes halogenated alkanes) is 3. The van der Waals surface area contributed by atoms with Gasteiger partial charge in [0.05, 0.1) is 34.6 Å². The number of aryl methyl sites for hydroxylation is 1. The predicted molar refractivity (Wildman–Crippen MR) is 182 cm³/mol. The molecule has 1 aliphatic carbocycles. The SMILES string of the molecule is Cc1ncsc1-c1ccc([C@H](CC(=O)NCCCCCCC(=O)O)NC(=O)[C@@H]2C[C@@H](O)CN2C(=O)[C@@H](NC(=O)C2(F)CC2)C(C)(C)C)cc1. The first-order valence-electron chi connectivity index (χ1n) is 16.9. The van der Waals surface area contributed by atoms with Gasteiger partial charge in [0.1, 0.15) is 12.1 Å². The third-order valence-corrected chi connectivity index (χ3v) is 9.99. The van der Waals surface area contributed by atoms with E-state index >= 15 is 0 Å². The van der Waals surface area contributed by atoms with Crippen molar-refractivity contribution < 1.29 is 38.6 Å². The van der Waals surface area contributed by atoms with E-state index in [0.29, 0.717) is 24.9 Å². The fourth-order valence-corrected chi connectivity index (χ4v) is 6.74. The molecule has 4 amide bonds. The van der Waals surface area contributed by atoms with Crippen LogP contribution in [0.25, 0.3) is 10.4 Å². The normalized spacial score (nSPS) is 19.5. The Balaban J connectivity index is 1.48. The van der Waals surface area contributed by atoms with Gasteiger partial charge in [0, 0.05) is 25.9 Å². The predicted octanol–water partition coefficient (Wildman–Crippen LogP) is 3.81. The van der Waals surface area contributed by atoms with Crippen molar-refractivity contribution >= 4 is 40.9 Å². The molecule has 0 bridgehead atoms. The number of hydrogen-bond acceptors (Lipinski definition) is 8. The third-order valence-electron chi connectivity index (χ3n) is 9.02. The quantitative estimate of drug-likeness (QED) is 0.164. The van der Waals surface area contributed by atoms with E-state index in [1.807, 2.05) is 31.2 Å². The van der Waals surface area contributed by atoms with Crippen LogP contribution in [0.15, 0.2) is 29.8 Å². The topological polar surface area (TPSA) is 178 Å². The van der Waals surface area contributed by atoms with Crippen LogP contribution in [-0.4, -0.2) is 86.6 Å². The molecular formula is C35H48FN5O7S. The maximum absolute atomic E-state index is 14.6. The van der Waals surface area contributed by atoms with Crippen molar-refractivity contribution in [2.45, 2.75) is 115 Å². The van der Waals surface area contributed by atoms with E-state index in [9.17, 15) is 33.5 Å². The second kappa shape index (κ2) is 16.2. The van der Waals surface area contributed by atoms with Gasteiger partial charge >= 0.3 is 5.97 Å². The van der Waals surface area contributed by atoms with Crippen LogP contribution in [0.4, 0.5) is 4.39 Å². The number of carboxylic acids is 1. The van der Waals surface area contributed by atoms with E-state index in [-0.39, 0.29) is 44.6 Å². The first kappa shape index (κ1) is 37.9. The summed E-state index contributed by atoms with van der Waals surface area (Å²) in [7, 11) is 0. The van der Waals surface area contributed by atoms with E-state index in [4.69, 9.17) is 5.11 Å². The Morgan fingerprint density at radius 1 is 1.06 bits per heavy atom. The van der Waals surface area contributed by atoms with Crippen LogP contribution in [0.2, 0.25) is 0 Å². The molecule has 2 fully saturated rings. The number of carbonyl (C=O) groups excluding carboxylic acids is 4. The molecule has 1 saturated carbocycles. The zero-order valence-corrected chi connectivity index (χ0v) is 29.4. The highest BCUT2D eigenvalue weighted by Gasteiger charge is 2.53. The van der Waals surface area contributed by atoms with E-state index in [1.54, 1.807) is 26.3 Å². The molecule has 12 nitrogen and oxygen atoms in total. The number of hydrogen-bond donors (Lipinski definition) is 5. The number of aliphatic hydroxyl groups excluding tert-OH is 1. The van der Waals surface area contributed by atoms with Gasteiger partial charge in [0.15, 0.2) is 5.67 Å². The van der Waals surface area contributed by atoms with Crippen molar-refractivity contribution in [3.8, 4) is 10.4 Å². The summed E-state index contributed by atoms with van der Waals surface area (Å²) in [5.74, 6) is -3.14. The number of likely N-dealkylation sites (tertiary alicyclic amines) is 1. The van der Waals surface area contributed by atoms with Crippen molar-refractivity contribution in [2.24, 2.45) is 5.41 Å². The number of aromatic nitrogens is 1. The van der Waals surface area contributed by atoms with Crippen LogP contribution in [0.5, 0.6) is 0 Å². The molecule has 1 aliphatic heterocycles. The molecule has 1 aromatic heterocycles. The van der Waals surface area contributed by atoms with Crippen LogP contribution < -0.4 is 16.0 Å². The Morgan fingerprint density at radius 3 is 2.33 bits per heavy atom. The number of rotatable bonds is 16. The zero-order chi connectivity index (χ0) is 35.9. The molecule has 4 rings (SSSR count). The zero-order valence-electron chi connectivity index (χ0n) is 28.6. The summed E-state index contributed by atoms with van der Waals surface area (Å²) in [5.41, 5.74) is 1.44. The van der Waals surface area contributed by atoms with Crippen molar-refractivity contribution in [1.82, 2.24) is 25.8 Å². The molecule has 0 radical (unpaired) electrons. The molecule has 14 heteroatoms. The highest BCUT2D eigenvalue weighted by Crippen LogP contribution is 2.40. The van der Waals surface area contributed by atoms with E-state index in [1.165, 1.54) is 16.2 Å².